The number of carboxylic acids is 1. The molecule has 0 saturated carbocycles. The van der Waals surface area contributed by atoms with E-state index in [-0.39, 0.29) is 5.69 Å². The number of aromatic amines is 2. The van der Waals surface area contributed by atoms with Crippen LogP contribution >= 0.6 is 12.2 Å². The number of hydrogen-bond acceptors (Lipinski definition) is 4. The molecule has 0 amide bonds. The standard InChI is InChI=1S/C4H4N2OS.C3H4O3/c7-4-5-2-1-3(8)6-4;4-3(5)2-1-6-2/h1-2H,(H2,5,6,7,8);2H,1H2,(H,4,5). The van der Waals surface area contributed by atoms with Crippen LogP contribution in [0.3, 0.4) is 0 Å². The van der Waals surface area contributed by atoms with Crippen LogP contribution in [-0.4, -0.2) is 33.8 Å². The fourth-order valence-electron chi connectivity index (χ4n) is 0.573. The van der Waals surface area contributed by atoms with E-state index in [4.69, 9.17) is 5.11 Å². The average molecular weight is 216 g/mol. The highest BCUT2D eigenvalue weighted by Gasteiger charge is 2.30. The number of rotatable bonds is 1. The maximum Gasteiger partial charge on any atom is 0.335 e. The Bertz CT molecular complexity index is 395. The smallest absolute Gasteiger partial charge is 0.335 e. The zero-order chi connectivity index (χ0) is 10.6. The minimum atomic E-state index is -0.852. The van der Waals surface area contributed by atoms with Crippen molar-refractivity contribution in [2.45, 2.75) is 6.10 Å². The predicted molar refractivity (Wildman–Crippen MR) is 49.6 cm³/mol. The highest BCUT2D eigenvalue weighted by Crippen LogP contribution is 2.06. The van der Waals surface area contributed by atoms with Crippen LogP contribution in [0.25, 0.3) is 0 Å². The summed E-state index contributed by atoms with van der Waals surface area (Å²) in [5.41, 5.74) is -0.266. The lowest BCUT2D eigenvalue weighted by Crippen LogP contribution is -2.07. The van der Waals surface area contributed by atoms with Crippen molar-refractivity contribution < 1.29 is 14.6 Å². The second-order valence-electron chi connectivity index (χ2n) is 2.46. The van der Waals surface area contributed by atoms with Gasteiger partial charge in [0.05, 0.1) is 6.61 Å². The lowest BCUT2D eigenvalue weighted by atomic mass is 10.5. The van der Waals surface area contributed by atoms with Crippen molar-refractivity contribution in [2.24, 2.45) is 0 Å². The van der Waals surface area contributed by atoms with Crippen LogP contribution in [0, 0.1) is 4.64 Å². The van der Waals surface area contributed by atoms with Crippen LogP contribution in [0.1, 0.15) is 0 Å². The van der Waals surface area contributed by atoms with E-state index in [1.807, 2.05) is 0 Å². The molecule has 0 bridgehead atoms. The minimum absolute atomic E-state index is 0.266. The van der Waals surface area contributed by atoms with Gasteiger partial charge in [-0.3, -0.25) is 4.98 Å². The Balaban J connectivity index is 0.000000146. The highest BCUT2D eigenvalue weighted by molar-refractivity contribution is 7.71. The molecular formula is C7H8N2O4S. The lowest BCUT2D eigenvalue weighted by Gasteiger charge is -1.78. The van der Waals surface area contributed by atoms with Crippen LogP contribution in [0.4, 0.5) is 0 Å². The third-order valence-corrected chi connectivity index (χ3v) is 1.53. The molecule has 0 aromatic carbocycles. The molecule has 1 aliphatic heterocycles. The molecule has 1 aliphatic rings. The Kier molecular flexibility index (Phi) is 3.55. The molecule has 2 rings (SSSR count). The predicted octanol–water partition coefficient (Wildman–Crippen LogP) is -0.0977. The summed E-state index contributed by atoms with van der Waals surface area (Å²) in [6.07, 6.45) is 1.02. The molecular weight excluding hydrogens is 208 g/mol. The van der Waals surface area contributed by atoms with Crippen LogP contribution in [0.5, 0.6) is 0 Å². The van der Waals surface area contributed by atoms with Crippen molar-refractivity contribution in [3.05, 3.63) is 27.4 Å². The van der Waals surface area contributed by atoms with Crippen molar-refractivity contribution >= 4 is 18.2 Å². The van der Waals surface area contributed by atoms with E-state index in [2.05, 4.69) is 26.9 Å². The molecule has 1 aromatic heterocycles. The lowest BCUT2D eigenvalue weighted by molar-refractivity contribution is -0.138. The van der Waals surface area contributed by atoms with Gasteiger partial charge in [-0.05, 0) is 6.07 Å². The van der Waals surface area contributed by atoms with Gasteiger partial charge >= 0.3 is 11.7 Å². The summed E-state index contributed by atoms with van der Waals surface area (Å²) >= 11 is 4.62. The van der Waals surface area contributed by atoms with Gasteiger partial charge in [0.15, 0.2) is 6.10 Å². The van der Waals surface area contributed by atoms with E-state index in [1.165, 1.54) is 6.20 Å². The molecule has 7 heteroatoms. The molecule has 3 N–H and O–H groups in total. The number of aliphatic carboxylic acids is 1. The summed E-state index contributed by atoms with van der Waals surface area (Å²) in [5.74, 6) is -0.852. The molecule has 1 atom stereocenters. The third kappa shape index (κ3) is 3.97. The van der Waals surface area contributed by atoms with Gasteiger partial charge < -0.3 is 14.8 Å². The topological polar surface area (TPSA) is 98.5 Å². The zero-order valence-corrected chi connectivity index (χ0v) is 7.84. The molecule has 0 aliphatic carbocycles. The van der Waals surface area contributed by atoms with Crippen molar-refractivity contribution in [3.63, 3.8) is 0 Å². The van der Waals surface area contributed by atoms with Gasteiger partial charge in [-0.25, -0.2) is 9.59 Å². The van der Waals surface area contributed by atoms with E-state index < -0.39 is 12.1 Å². The van der Waals surface area contributed by atoms with Crippen LogP contribution < -0.4 is 5.69 Å². The molecule has 2 heterocycles. The first-order valence-corrected chi connectivity index (χ1v) is 4.13. The van der Waals surface area contributed by atoms with Gasteiger partial charge in [0.25, 0.3) is 0 Å². The van der Waals surface area contributed by atoms with Gasteiger partial charge in [0.2, 0.25) is 0 Å². The minimum Gasteiger partial charge on any atom is -0.479 e. The Morgan fingerprint density at radius 3 is 2.57 bits per heavy atom. The molecule has 0 radical (unpaired) electrons. The summed E-state index contributed by atoms with van der Waals surface area (Å²) in [6.45, 7) is 0.398. The largest absolute Gasteiger partial charge is 0.479 e. The number of nitrogens with one attached hydrogen (secondary N) is 2. The summed E-state index contributed by atoms with van der Waals surface area (Å²) in [6, 6.07) is 1.61. The van der Waals surface area contributed by atoms with Gasteiger partial charge in [-0.1, -0.05) is 12.2 Å². The first kappa shape index (κ1) is 10.6. The van der Waals surface area contributed by atoms with Gasteiger partial charge in [-0.15, -0.1) is 0 Å². The normalized spacial score (nSPS) is 17.9. The third-order valence-electron chi connectivity index (χ3n) is 1.29. The molecule has 14 heavy (non-hydrogen) atoms. The summed E-state index contributed by atoms with van der Waals surface area (Å²) in [4.78, 5) is 24.7. The van der Waals surface area contributed by atoms with Crippen molar-refractivity contribution in [1.82, 2.24) is 9.97 Å². The molecule has 1 saturated heterocycles. The van der Waals surface area contributed by atoms with E-state index >= 15 is 0 Å². The molecule has 1 aromatic rings. The second-order valence-corrected chi connectivity index (χ2v) is 2.90. The van der Waals surface area contributed by atoms with E-state index in [0.717, 1.165) is 0 Å². The Labute approximate surface area is 83.6 Å². The number of H-pyrrole nitrogens is 2. The van der Waals surface area contributed by atoms with Crippen LogP contribution in [0.15, 0.2) is 17.1 Å². The first-order valence-electron chi connectivity index (χ1n) is 3.72. The summed E-state index contributed by atoms with van der Waals surface area (Å²) in [7, 11) is 0. The SMILES string of the molecule is O=C(O)C1CO1.O=c1[nH]ccc(=S)[nH]1. The highest BCUT2D eigenvalue weighted by atomic mass is 32.1. The zero-order valence-electron chi connectivity index (χ0n) is 7.02. The fourth-order valence-corrected chi connectivity index (χ4v) is 0.734. The van der Waals surface area contributed by atoms with Gasteiger partial charge in [0.1, 0.15) is 4.64 Å². The number of carbonyl (C=O) groups is 1. The number of ether oxygens (including phenoxy) is 1. The molecule has 1 fully saturated rings. The molecule has 0 spiro atoms. The Morgan fingerprint density at radius 2 is 2.36 bits per heavy atom. The molecule has 6 nitrogen and oxygen atoms in total. The van der Waals surface area contributed by atoms with Crippen LogP contribution in [-0.2, 0) is 9.53 Å². The Hall–Kier alpha value is -1.47. The number of carboxylic acid groups (broad SMARTS) is 1. The second kappa shape index (κ2) is 4.68. The number of aromatic nitrogens is 2. The Morgan fingerprint density at radius 1 is 1.71 bits per heavy atom. The molecule has 76 valence electrons. The monoisotopic (exact) mass is 216 g/mol. The first-order chi connectivity index (χ1) is 6.59. The maximum absolute atomic E-state index is 10.3. The number of epoxide rings is 1. The van der Waals surface area contributed by atoms with Gasteiger partial charge in [-0.2, -0.15) is 0 Å². The number of hydrogen-bond donors (Lipinski definition) is 3. The van der Waals surface area contributed by atoms with Crippen molar-refractivity contribution in [2.75, 3.05) is 6.61 Å². The maximum atomic E-state index is 10.3. The fraction of sp³-hybridized carbons (Fsp3) is 0.286. The van der Waals surface area contributed by atoms with E-state index in [0.29, 0.717) is 11.2 Å². The quantitative estimate of drug-likeness (QED) is 0.450. The van der Waals surface area contributed by atoms with Crippen molar-refractivity contribution in [3.8, 4) is 0 Å². The average Bonchev–Trinajstić information content (AvgIpc) is 2.85. The van der Waals surface area contributed by atoms with Gasteiger partial charge in [0, 0.05) is 6.20 Å². The van der Waals surface area contributed by atoms with Crippen molar-refractivity contribution in [1.29, 1.82) is 0 Å². The van der Waals surface area contributed by atoms with E-state index in [9.17, 15) is 9.59 Å². The summed E-state index contributed by atoms with van der Waals surface area (Å²) < 4.78 is 4.82. The van der Waals surface area contributed by atoms with E-state index in [1.54, 1.807) is 6.07 Å². The van der Waals surface area contributed by atoms with Crippen LogP contribution in [0.2, 0.25) is 0 Å². The summed E-state index contributed by atoms with van der Waals surface area (Å²) in [5, 5.41) is 7.93. The molecule has 1 unspecified atom stereocenters.